The first kappa shape index (κ1) is 12.6. The van der Waals surface area contributed by atoms with Gasteiger partial charge in [0.25, 0.3) is 0 Å². The summed E-state index contributed by atoms with van der Waals surface area (Å²) in [5.41, 5.74) is 0.866. The van der Waals surface area contributed by atoms with E-state index in [2.05, 4.69) is 0 Å². The maximum Gasteiger partial charge on any atom is 0.328 e. The average molecular weight is 266 g/mol. The van der Waals surface area contributed by atoms with Crippen LogP contribution >= 0.6 is 11.3 Å². The number of aliphatic carboxylic acids is 1. The summed E-state index contributed by atoms with van der Waals surface area (Å²) < 4.78 is 0. The van der Waals surface area contributed by atoms with Crippen LogP contribution in [0.2, 0.25) is 0 Å². The normalized spacial score (nSPS) is 15.9. The lowest BCUT2D eigenvalue weighted by Crippen LogP contribution is -2.28. The third kappa shape index (κ3) is 2.70. The van der Waals surface area contributed by atoms with Crippen molar-refractivity contribution in [1.82, 2.24) is 9.80 Å². The molecule has 2 amide bonds. The minimum absolute atomic E-state index is 0.0246. The van der Waals surface area contributed by atoms with Gasteiger partial charge in [-0.2, -0.15) is 0 Å². The molecule has 0 atom stereocenters. The lowest BCUT2D eigenvalue weighted by molar-refractivity contribution is -0.131. The van der Waals surface area contributed by atoms with Crippen LogP contribution in [0.1, 0.15) is 10.4 Å². The Balaban J connectivity index is 2.08. The summed E-state index contributed by atoms with van der Waals surface area (Å²) in [4.78, 5) is 26.7. The van der Waals surface area contributed by atoms with Crippen LogP contribution in [-0.2, 0) is 11.3 Å². The summed E-state index contributed by atoms with van der Waals surface area (Å²) in [7, 11) is 1.78. The lowest BCUT2D eigenvalue weighted by Gasteiger charge is -2.15. The number of urea groups is 1. The molecule has 0 saturated carbocycles. The van der Waals surface area contributed by atoms with Gasteiger partial charge in [-0.25, -0.2) is 9.59 Å². The standard InChI is InChI=1S/C12H14N2O3S/c1-13-5-6-14(12(13)17)8-10-9(4-7-18-10)2-3-11(15)16/h2-4,7H,5-6,8H2,1H3,(H,15,16). The number of carbonyl (C=O) groups is 2. The van der Waals surface area contributed by atoms with E-state index in [4.69, 9.17) is 5.11 Å². The van der Waals surface area contributed by atoms with Crippen molar-refractivity contribution >= 4 is 29.4 Å². The summed E-state index contributed by atoms with van der Waals surface area (Å²) in [6.45, 7) is 2.00. The molecule has 1 aliphatic rings. The van der Waals surface area contributed by atoms with E-state index >= 15 is 0 Å². The lowest BCUT2D eigenvalue weighted by atomic mass is 10.2. The highest BCUT2D eigenvalue weighted by atomic mass is 32.1. The summed E-state index contributed by atoms with van der Waals surface area (Å²) in [6.07, 6.45) is 2.68. The molecule has 0 aliphatic carbocycles. The maximum absolute atomic E-state index is 11.8. The fraction of sp³-hybridized carbons (Fsp3) is 0.333. The fourth-order valence-electron chi connectivity index (χ4n) is 1.81. The first-order valence-corrected chi connectivity index (χ1v) is 6.43. The van der Waals surface area contributed by atoms with Crippen molar-refractivity contribution in [3.63, 3.8) is 0 Å². The summed E-state index contributed by atoms with van der Waals surface area (Å²) >= 11 is 1.53. The van der Waals surface area contributed by atoms with Crippen molar-refractivity contribution in [2.75, 3.05) is 20.1 Å². The molecule has 1 aromatic rings. The van der Waals surface area contributed by atoms with Crippen LogP contribution in [0.15, 0.2) is 17.5 Å². The second kappa shape index (κ2) is 5.22. The molecular formula is C12H14N2O3S. The molecule has 1 saturated heterocycles. The number of hydrogen-bond donors (Lipinski definition) is 1. The zero-order valence-electron chi connectivity index (χ0n) is 10.00. The molecule has 0 aromatic carbocycles. The van der Waals surface area contributed by atoms with Gasteiger partial charge < -0.3 is 14.9 Å². The Morgan fingerprint density at radius 3 is 2.94 bits per heavy atom. The zero-order chi connectivity index (χ0) is 13.1. The van der Waals surface area contributed by atoms with E-state index in [1.807, 2.05) is 11.4 Å². The average Bonchev–Trinajstić information content (AvgIpc) is 2.88. The molecule has 0 bridgehead atoms. The summed E-state index contributed by atoms with van der Waals surface area (Å²) in [5, 5.41) is 10.5. The van der Waals surface area contributed by atoms with Crippen molar-refractivity contribution in [3.05, 3.63) is 28.0 Å². The van der Waals surface area contributed by atoms with Gasteiger partial charge in [0.05, 0.1) is 6.54 Å². The molecule has 18 heavy (non-hydrogen) atoms. The van der Waals surface area contributed by atoms with Gasteiger partial charge in [0, 0.05) is 31.1 Å². The second-order valence-corrected chi connectivity index (χ2v) is 5.10. The van der Waals surface area contributed by atoms with Gasteiger partial charge in [-0.05, 0) is 23.1 Å². The Hall–Kier alpha value is -1.82. The molecule has 2 heterocycles. The number of hydrogen-bond acceptors (Lipinski definition) is 3. The van der Waals surface area contributed by atoms with Crippen LogP contribution in [0.25, 0.3) is 6.08 Å². The van der Waals surface area contributed by atoms with Crippen molar-refractivity contribution < 1.29 is 14.7 Å². The van der Waals surface area contributed by atoms with Crippen LogP contribution in [0.5, 0.6) is 0 Å². The Bertz CT molecular complexity index is 495. The molecule has 1 fully saturated rings. The molecule has 1 aromatic heterocycles. The minimum atomic E-state index is -0.968. The molecule has 0 unspecified atom stereocenters. The molecular weight excluding hydrogens is 252 g/mol. The monoisotopic (exact) mass is 266 g/mol. The quantitative estimate of drug-likeness (QED) is 0.844. The first-order chi connectivity index (χ1) is 8.58. The highest BCUT2D eigenvalue weighted by Crippen LogP contribution is 2.22. The number of rotatable bonds is 4. The second-order valence-electron chi connectivity index (χ2n) is 4.10. The number of carboxylic acids is 1. The van der Waals surface area contributed by atoms with Crippen molar-refractivity contribution in [2.45, 2.75) is 6.54 Å². The molecule has 96 valence electrons. The van der Waals surface area contributed by atoms with Gasteiger partial charge in [0.1, 0.15) is 0 Å². The van der Waals surface area contributed by atoms with Gasteiger partial charge in [-0.15, -0.1) is 11.3 Å². The summed E-state index contributed by atoms with van der Waals surface area (Å²) in [5.74, 6) is -0.968. The first-order valence-electron chi connectivity index (χ1n) is 5.55. The summed E-state index contributed by atoms with van der Waals surface area (Å²) in [6, 6.07) is 1.89. The highest BCUT2D eigenvalue weighted by Gasteiger charge is 2.25. The predicted molar refractivity (Wildman–Crippen MR) is 69.4 cm³/mol. The number of likely N-dealkylation sites (N-methyl/N-ethyl adjacent to an activating group) is 1. The Kier molecular flexibility index (Phi) is 3.66. The van der Waals surface area contributed by atoms with Crippen molar-refractivity contribution in [1.29, 1.82) is 0 Å². The Morgan fingerprint density at radius 1 is 1.56 bits per heavy atom. The van der Waals surface area contributed by atoms with Crippen molar-refractivity contribution in [3.8, 4) is 0 Å². The van der Waals surface area contributed by atoms with Gasteiger partial charge >= 0.3 is 12.0 Å². The number of nitrogens with zero attached hydrogens (tertiary/aromatic N) is 2. The molecule has 6 heteroatoms. The smallest absolute Gasteiger partial charge is 0.328 e. The third-order valence-electron chi connectivity index (χ3n) is 2.82. The van der Waals surface area contributed by atoms with Crippen LogP contribution in [0, 0.1) is 0 Å². The molecule has 0 radical (unpaired) electrons. The Labute approximate surface area is 109 Å². The van der Waals surface area contributed by atoms with Crippen LogP contribution in [0.3, 0.4) is 0 Å². The van der Waals surface area contributed by atoms with E-state index in [9.17, 15) is 9.59 Å². The van der Waals surface area contributed by atoms with Crippen LogP contribution in [0.4, 0.5) is 4.79 Å². The molecule has 5 nitrogen and oxygen atoms in total. The van der Waals surface area contributed by atoms with Gasteiger partial charge in [0.15, 0.2) is 0 Å². The molecule has 1 aliphatic heterocycles. The van der Waals surface area contributed by atoms with E-state index in [0.717, 1.165) is 29.6 Å². The Morgan fingerprint density at radius 2 is 2.33 bits per heavy atom. The minimum Gasteiger partial charge on any atom is -0.478 e. The topological polar surface area (TPSA) is 60.9 Å². The zero-order valence-corrected chi connectivity index (χ0v) is 10.8. The fourth-order valence-corrected chi connectivity index (χ4v) is 2.69. The van der Waals surface area contributed by atoms with Crippen LogP contribution < -0.4 is 0 Å². The van der Waals surface area contributed by atoms with E-state index in [1.165, 1.54) is 11.3 Å². The van der Waals surface area contributed by atoms with E-state index in [-0.39, 0.29) is 6.03 Å². The molecule has 2 rings (SSSR count). The van der Waals surface area contributed by atoms with Gasteiger partial charge in [-0.3, -0.25) is 0 Å². The van der Waals surface area contributed by atoms with E-state index in [0.29, 0.717) is 6.54 Å². The predicted octanol–water partition coefficient (Wildman–Crippen LogP) is 1.71. The largest absolute Gasteiger partial charge is 0.478 e. The molecule has 1 N–H and O–H groups in total. The molecule has 0 spiro atoms. The van der Waals surface area contributed by atoms with Gasteiger partial charge in [0.2, 0.25) is 0 Å². The third-order valence-corrected chi connectivity index (χ3v) is 3.74. The van der Waals surface area contributed by atoms with Gasteiger partial charge in [-0.1, -0.05) is 0 Å². The van der Waals surface area contributed by atoms with E-state index < -0.39 is 5.97 Å². The van der Waals surface area contributed by atoms with Crippen LogP contribution in [-0.4, -0.2) is 47.0 Å². The SMILES string of the molecule is CN1CCN(Cc2sccc2C=CC(=O)O)C1=O. The number of thiophene rings is 1. The maximum atomic E-state index is 11.8. The van der Waals surface area contributed by atoms with E-state index in [1.54, 1.807) is 22.9 Å². The highest BCUT2D eigenvalue weighted by molar-refractivity contribution is 7.10. The number of carboxylic acid groups (broad SMARTS) is 1. The number of amides is 2. The number of carbonyl (C=O) groups excluding carboxylic acids is 1. The van der Waals surface area contributed by atoms with Crippen molar-refractivity contribution in [2.24, 2.45) is 0 Å².